The summed E-state index contributed by atoms with van der Waals surface area (Å²) in [7, 11) is -2.18. The lowest BCUT2D eigenvalue weighted by Crippen LogP contribution is -2.35. The number of rotatable bonds is 10. The zero-order valence-corrected chi connectivity index (χ0v) is 20.7. The summed E-state index contributed by atoms with van der Waals surface area (Å²) < 4.78 is 44.0. The van der Waals surface area contributed by atoms with Crippen molar-refractivity contribution in [3.05, 3.63) is 70.1 Å². The molecule has 34 heavy (non-hydrogen) atoms. The van der Waals surface area contributed by atoms with Gasteiger partial charge in [-0.1, -0.05) is 17.3 Å². The van der Waals surface area contributed by atoms with Crippen LogP contribution in [0.3, 0.4) is 0 Å². The van der Waals surface area contributed by atoms with Crippen LogP contribution in [-0.2, 0) is 16.6 Å². The molecule has 0 radical (unpaired) electrons. The van der Waals surface area contributed by atoms with Gasteiger partial charge >= 0.3 is 0 Å². The van der Waals surface area contributed by atoms with Crippen molar-refractivity contribution >= 4 is 15.9 Å². The molecular formula is C24H29N3O6S. The van der Waals surface area contributed by atoms with E-state index in [1.165, 1.54) is 7.11 Å². The molecule has 0 aliphatic heterocycles. The van der Waals surface area contributed by atoms with Crippen molar-refractivity contribution in [3.63, 3.8) is 0 Å². The van der Waals surface area contributed by atoms with E-state index in [-0.39, 0.29) is 30.5 Å². The molecule has 0 saturated heterocycles. The molecule has 9 nitrogen and oxygen atoms in total. The molecule has 0 bridgehead atoms. The summed E-state index contributed by atoms with van der Waals surface area (Å²) in [6.45, 7) is 7.65. The number of sulfonamides is 1. The van der Waals surface area contributed by atoms with Gasteiger partial charge < -0.3 is 19.3 Å². The van der Waals surface area contributed by atoms with Gasteiger partial charge in [-0.3, -0.25) is 4.79 Å². The molecule has 1 amide bonds. The lowest BCUT2D eigenvalue weighted by Gasteiger charge is -2.13. The molecular weight excluding hydrogens is 458 g/mol. The Morgan fingerprint density at radius 2 is 1.79 bits per heavy atom. The summed E-state index contributed by atoms with van der Waals surface area (Å²) in [5, 5.41) is 6.61. The van der Waals surface area contributed by atoms with Crippen molar-refractivity contribution in [1.82, 2.24) is 15.2 Å². The number of hydrogen-bond donors (Lipinski definition) is 2. The molecule has 1 heterocycles. The van der Waals surface area contributed by atoms with Crippen LogP contribution in [0.1, 0.15) is 38.5 Å². The fourth-order valence-electron chi connectivity index (χ4n) is 3.32. The van der Waals surface area contributed by atoms with E-state index < -0.39 is 10.0 Å². The Labute approximate surface area is 199 Å². The van der Waals surface area contributed by atoms with Crippen molar-refractivity contribution < 1.29 is 27.2 Å². The van der Waals surface area contributed by atoms with Crippen LogP contribution in [0.25, 0.3) is 0 Å². The quantitative estimate of drug-likeness (QED) is 0.421. The molecule has 2 aromatic carbocycles. The number of carbonyl (C=O) groups excluding carboxylic acids is 1. The van der Waals surface area contributed by atoms with Gasteiger partial charge in [0, 0.05) is 18.7 Å². The molecule has 0 unspecified atom stereocenters. The first-order valence-electron chi connectivity index (χ1n) is 10.7. The van der Waals surface area contributed by atoms with Crippen LogP contribution >= 0.6 is 0 Å². The summed E-state index contributed by atoms with van der Waals surface area (Å²) in [5.41, 5.74) is 3.48. The molecule has 0 saturated carbocycles. The molecule has 10 heteroatoms. The minimum absolute atomic E-state index is 0.0528. The van der Waals surface area contributed by atoms with Crippen LogP contribution in [0.2, 0.25) is 0 Å². The fourth-order valence-corrected chi connectivity index (χ4v) is 4.68. The van der Waals surface area contributed by atoms with Crippen molar-refractivity contribution in [2.75, 3.05) is 20.2 Å². The first-order valence-corrected chi connectivity index (χ1v) is 12.2. The topological polar surface area (TPSA) is 120 Å². The van der Waals surface area contributed by atoms with Crippen molar-refractivity contribution in [2.24, 2.45) is 0 Å². The number of nitrogens with one attached hydrogen (secondary N) is 2. The molecule has 0 spiro atoms. The number of benzene rings is 2. The summed E-state index contributed by atoms with van der Waals surface area (Å²) >= 11 is 0. The Morgan fingerprint density at radius 1 is 1.03 bits per heavy atom. The van der Waals surface area contributed by atoms with Gasteiger partial charge in [-0.05, 0) is 63.1 Å². The number of amides is 1. The third-order valence-corrected chi connectivity index (χ3v) is 6.92. The summed E-state index contributed by atoms with van der Waals surface area (Å²) in [6.07, 6.45) is 0. The third-order valence-electron chi connectivity index (χ3n) is 5.31. The number of nitrogens with zero attached hydrogens (tertiary/aromatic N) is 1. The molecule has 2 N–H and O–H groups in total. The lowest BCUT2D eigenvalue weighted by molar-refractivity contribution is 0.0954. The maximum Gasteiger partial charge on any atom is 0.251 e. The van der Waals surface area contributed by atoms with Crippen molar-refractivity contribution in [2.45, 2.75) is 39.2 Å². The number of aromatic nitrogens is 1. The summed E-state index contributed by atoms with van der Waals surface area (Å²) in [6, 6.07) is 10.1. The Bertz CT molecular complexity index is 1260. The van der Waals surface area contributed by atoms with E-state index in [9.17, 15) is 13.2 Å². The molecule has 0 aliphatic rings. The van der Waals surface area contributed by atoms with Gasteiger partial charge in [0.2, 0.25) is 10.0 Å². The molecule has 0 aliphatic carbocycles. The summed E-state index contributed by atoms with van der Waals surface area (Å²) in [5.74, 6) is 1.19. The molecule has 3 aromatic rings. The highest BCUT2D eigenvalue weighted by Gasteiger charge is 2.17. The molecule has 3 rings (SSSR count). The number of hydrogen-bond acceptors (Lipinski definition) is 7. The van der Waals surface area contributed by atoms with Gasteiger partial charge in [0.1, 0.15) is 12.4 Å². The Hall–Kier alpha value is -3.37. The Kier molecular flexibility index (Phi) is 7.95. The first-order chi connectivity index (χ1) is 16.1. The number of ether oxygens (including phenoxy) is 2. The van der Waals surface area contributed by atoms with Gasteiger partial charge in [0.05, 0.1) is 23.3 Å². The second-order valence-electron chi connectivity index (χ2n) is 7.88. The highest BCUT2D eigenvalue weighted by Crippen LogP contribution is 2.29. The normalized spacial score (nSPS) is 11.3. The number of methoxy groups -OCH3 is 1. The molecule has 0 fully saturated rings. The Morgan fingerprint density at radius 3 is 2.47 bits per heavy atom. The SMILES string of the molecule is COc1cc(C(=O)NCCNS(=O)(=O)c2cc(C)ccc2C)ccc1OCc1c(C)noc1C. The van der Waals surface area contributed by atoms with Crippen molar-refractivity contribution in [1.29, 1.82) is 0 Å². The van der Waals surface area contributed by atoms with Gasteiger partial charge in [-0.25, -0.2) is 13.1 Å². The van der Waals surface area contributed by atoms with E-state index in [0.717, 1.165) is 16.8 Å². The van der Waals surface area contributed by atoms with E-state index in [4.69, 9.17) is 14.0 Å². The standard InChI is InChI=1S/C24H29N3O6S/c1-15-6-7-16(2)23(12-15)34(29,30)26-11-10-25-24(28)19-8-9-21(22(13-19)31-5)32-14-20-17(3)27-33-18(20)4/h6-9,12-13,26H,10-11,14H2,1-5H3,(H,25,28). The minimum Gasteiger partial charge on any atom is -0.493 e. The van der Waals surface area contributed by atoms with Gasteiger partial charge in [0.15, 0.2) is 11.5 Å². The van der Waals surface area contributed by atoms with Crippen LogP contribution in [0.4, 0.5) is 0 Å². The van der Waals surface area contributed by atoms with E-state index in [2.05, 4.69) is 15.2 Å². The van der Waals surface area contributed by atoms with Crippen LogP contribution in [0, 0.1) is 27.7 Å². The highest BCUT2D eigenvalue weighted by molar-refractivity contribution is 7.89. The van der Waals surface area contributed by atoms with Gasteiger partial charge in [-0.15, -0.1) is 0 Å². The lowest BCUT2D eigenvalue weighted by atomic mass is 10.2. The minimum atomic E-state index is -3.67. The average Bonchev–Trinajstić information content (AvgIpc) is 3.13. The van der Waals surface area contributed by atoms with Crippen LogP contribution in [-0.4, -0.2) is 39.7 Å². The first kappa shape index (κ1) is 25.3. The predicted molar refractivity (Wildman–Crippen MR) is 127 cm³/mol. The maximum atomic E-state index is 12.6. The molecule has 182 valence electrons. The monoisotopic (exact) mass is 487 g/mol. The van der Waals surface area contributed by atoms with E-state index in [0.29, 0.717) is 28.4 Å². The number of carbonyl (C=O) groups is 1. The van der Waals surface area contributed by atoms with E-state index in [1.807, 2.05) is 26.8 Å². The zero-order valence-electron chi connectivity index (χ0n) is 19.9. The van der Waals surface area contributed by atoms with Gasteiger partial charge in [-0.2, -0.15) is 0 Å². The summed E-state index contributed by atoms with van der Waals surface area (Å²) in [4.78, 5) is 12.8. The zero-order chi connectivity index (χ0) is 24.9. The smallest absolute Gasteiger partial charge is 0.251 e. The maximum absolute atomic E-state index is 12.6. The highest BCUT2D eigenvalue weighted by atomic mass is 32.2. The second kappa shape index (κ2) is 10.7. The molecule has 0 atom stereocenters. The van der Waals surface area contributed by atoms with Crippen LogP contribution in [0.5, 0.6) is 11.5 Å². The Balaban J connectivity index is 1.57. The average molecular weight is 488 g/mol. The van der Waals surface area contributed by atoms with Crippen molar-refractivity contribution in [3.8, 4) is 11.5 Å². The largest absolute Gasteiger partial charge is 0.493 e. The second-order valence-corrected chi connectivity index (χ2v) is 9.62. The van der Waals surface area contributed by atoms with Crippen LogP contribution < -0.4 is 19.5 Å². The fraction of sp³-hybridized carbons (Fsp3) is 0.333. The number of aryl methyl sites for hydroxylation is 4. The van der Waals surface area contributed by atoms with Crippen LogP contribution in [0.15, 0.2) is 45.8 Å². The van der Waals surface area contributed by atoms with Gasteiger partial charge in [0.25, 0.3) is 5.91 Å². The predicted octanol–water partition coefficient (Wildman–Crippen LogP) is 3.20. The van der Waals surface area contributed by atoms with E-state index >= 15 is 0 Å². The molecule has 1 aromatic heterocycles. The van der Waals surface area contributed by atoms with E-state index in [1.54, 1.807) is 37.3 Å². The third kappa shape index (κ3) is 5.95.